The van der Waals surface area contributed by atoms with Gasteiger partial charge in [-0.3, -0.25) is 4.79 Å². The monoisotopic (exact) mass is 412 g/mol. The van der Waals surface area contributed by atoms with Crippen LogP contribution in [0.15, 0.2) is 30.3 Å². The normalized spacial score (nSPS) is 14.8. The molecule has 2 aromatic heterocycles. The summed E-state index contributed by atoms with van der Waals surface area (Å²) >= 11 is 6.22. The number of amides is 1. The molecule has 1 amide bonds. The molecule has 1 aromatic carbocycles. The number of aromatic nitrogens is 3. The van der Waals surface area contributed by atoms with Gasteiger partial charge in [-0.2, -0.15) is 18.3 Å². The molecule has 28 heavy (non-hydrogen) atoms. The van der Waals surface area contributed by atoms with Gasteiger partial charge in [0, 0.05) is 18.7 Å². The molecule has 4 rings (SSSR count). The van der Waals surface area contributed by atoms with E-state index in [0.29, 0.717) is 17.6 Å². The molecule has 0 aliphatic carbocycles. The molecule has 3 heterocycles. The number of halogens is 5. The zero-order chi connectivity index (χ0) is 20.1. The summed E-state index contributed by atoms with van der Waals surface area (Å²) < 4.78 is 54.6. The van der Waals surface area contributed by atoms with Gasteiger partial charge in [0.15, 0.2) is 17.0 Å². The van der Waals surface area contributed by atoms with Crippen LogP contribution in [0.1, 0.15) is 29.0 Å². The molecular weight excluding hydrogens is 400 g/mol. The molecule has 1 fully saturated rings. The number of hydrogen-bond acceptors (Lipinski definition) is 3. The second-order valence-electron chi connectivity index (χ2n) is 6.43. The fourth-order valence-electron chi connectivity index (χ4n) is 3.17. The van der Waals surface area contributed by atoms with Gasteiger partial charge in [0.25, 0.3) is 5.91 Å². The lowest BCUT2D eigenvalue weighted by molar-refractivity contribution is -0.142. The van der Waals surface area contributed by atoms with Gasteiger partial charge in [0.1, 0.15) is 10.8 Å². The minimum Gasteiger partial charge on any atom is -0.337 e. The lowest BCUT2D eigenvalue weighted by Gasteiger charge is -2.13. The molecule has 10 heteroatoms. The Morgan fingerprint density at radius 3 is 2.36 bits per heavy atom. The molecule has 146 valence electrons. The van der Waals surface area contributed by atoms with Crippen LogP contribution in [-0.4, -0.2) is 38.5 Å². The van der Waals surface area contributed by atoms with Crippen LogP contribution >= 0.6 is 11.6 Å². The molecular formula is C18H13ClF4N4O. The van der Waals surface area contributed by atoms with Crippen molar-refractivity contribution in [2.45, 2.75) is 19.0 Å². The Labute approximate surface area is 161 Å². The predicted molar refractivity (Wildman–Crippen MR) is 93.5 cm³/mol. The minimum absolute atomic E-state index is 0.0539. The Bertz CT molecular complexity index is 1060. The van der Waals surface area contributed by atoms with E-state index in [0.717, 1.165) is 31.0 Å². The van der Waals surface area contributed by atoms with Crippen molar-refractivity contribution >= 4 is 23.2 Å². The molecule has 0 unspecified atom stereocenters. The van der Waals surface area contributed by atoms with Crippen LogP contribution in [-0.2, 0) is 6.18 Å². The van der Waals surface area contributed by atoms with Gasteiger partial charge in [-0.25, -0.2) is 13.9 Å². The third-order valence-electron chi connectivity index (χ3n) is 4.56. The molecule has 5 nitrogen and oxygen atoms in total. The lowest BCUT2D eigenvalue weighted by atomic mass is 10.1. The van der Waals surface area contributed by atoms with Crippen molar-refractivity contribution in [2.75, 3.05) is 13.1 Å². The predicted octanol–water partition coefficient (Wildman–Crippen LogP) is 4.44. The highest BCUT2D eigenvalue weighted by atomic mass is 35.5. The third-order valence-corrected chi connectivity index (χ3v) is 4.91. The molecule has 0 radical (unpaired) electrons. The summed E-state index contributed by atoms with van der Waals surface area (Å²) in [7, 11) is 0. The fourth-order valence-corrected chi connectivity index (χ4v) is 3.41. The number of alkyl halides is 3. The van der Waals surface area contributed by atoms with Gasteiger partial charge < -0.3 is 4.90 Å². The largest absolute Gasteiger partial charge is 0.433 e. The van der Waals surface area contributed by atoms with Crippen molar-refractivity contribution in [1.29, 1.82) is 0 Å². The van der Waals surface area contributed by atoms with E-state index in [2.05, 4.69) is 10.1 Å². The maximum Gasteiger partial charge on any atom is 0.433 e. The summed E-state index contributed by atoms with van der Waals surface area (Å²) in [5.41, 5.74) is -1.45. The highest BCUT2D eigenvalue weighted by Gasteiger charge is 2.37. The molecule has 1 aliphatic heterocycles. The first-order chi connectivity index (χ1) is 13.3. The van der Waals surface area contributed by atoms with E-state index in [-0.39, 0.29) is 27.6 Å². The highest BCUT2D eigenvalue weighted by Crippen LogP contribution is 2.35. The third kappa shape index (κ3) is 3.19. The summed E-state index contributed by atoms with van der Waals surface area (Å²) in [5.74, 6) is -1.05. The molecule has 3 aromatic rings. The van der Waals surface area contributed by atoms with Crippen LogP contribution in [0.4, 0.5) is 17.6 Å². The number of likely N-dealkylation sites (tertiary alicyclic amines) is 1. The van der Waals surface area contributed by atoms with E-state index in [1.807, 2.05) is 0 Å². The van der Waals surface area contributed by atoms with E-state index < -0.39 is 23.6 Å². The van der Waals surface area contributed by atoms with Crippen LogP contribution in [0.25, 0.3) is 16.9 Å². The summed E-state index contributed by atoms with van der Waals surface area (Å²) in [6, 6.07) is 5.67. The van der Waals surface area contributed by atoms with E-state index in [9.17, 15) is 22.4 Å². The first-order valence-electron chi connectivity index (χ1n) is 8.47. The highest BCUT2D eigenvalue weighted by molar-refractivity contribution is 6.36. The van der Waals surface area contributed by atoms with E-state index in [1.165, 1.54) is 17.0 Å². The van der Waals surface area contributed by atoms with Crippen LogP contribution in [0.3, 0.4) is 0 Å². The molecule has 0 spiro atoms. The molecule has 1 aliphatic rings. The van der Waals surface area contributed by atoms with E-state index in [4.69, 9.17) is 11.6 Å². The first-order valence-corrected chi connectivity index (χ1v) is 8.85. The minimum atomic E-state index is -4.76. The van der Waals surface area contributed by atoms with Crippen LogP contribution in [0.5, 0.6) is 0 Å². The summed E-state index contributed by atoms with van der Waals surface area (Å²) in [4.78, 5) is 18.3. The van der Waals surface area contributed by atoms with Crippen molar-refractivity contribution in [3.05, 3.63) is 52.6 Å². The SMILES string of the molecule is O=C(c1nn2c(C(F)(F)F)cc(-c3ccc(F)cc3)nc2c1Cl)N1CCCC1. The number of rotatable bonds is 2. The average Bonchev–Trinajstić information content (AvgIpc) is 3.29. The van der Waals surface area contributed by atoms with Crippen molar-refractivity contribution < 1.29 is 22.4 Å². The smallest absolute Gasteiger partial charge is 0.337 e. The van der Waals surface area contributed by atoms with Gasteiger partial charge >= 0.3 is 6.18 Å². The number of nitrogens with zero attached hydrogens (tertiary/aromatic N) is 4. The molecule has 0 bridgehead atoms. The maximum atomic E-state index is 13.6. The quantitative estimate of drug-likeness (QED) is 0.585. The number of carbonyl (C=O) groups is 1. The Morgan fingerprint density at radius 1 is 1.11 bits per heavy atom. The number of benzene rings is 1. The summed E-state index contributed by atoms with van der Waals surface area (Å²) in [6.45, 7) is 1.01. The standard InChI is InChI=1S/C18H13ClF4N4O/c19-14-15(17(28)26-7-1-2-8-26)25-27-13(18(21,22)23)9-12(24-16(14)27)10-3-5-11(20)6-4-10/h3-6,9H,1-2,7-8H2. The Balaban J connectivity index is 1.91. The molecule has 0 atom stereocenters. The Morgan fingerprint density at radius 2 is 1.75 bits per heavy atom. The Kier molecular flexibility index (Phi) is 4.49. The maximum absolute atomic E-state index is 13.6. The molecule has 0 saturated carbocycles. The second kappa shape index (κ2) is 6.73. The van der Waals surface area contributed by atoms with Gasteiger partial charge in [-0.05, 0) is 43.2 Å². The molecule has 0 N–H and O–H groups in total. The molecule has 1 saturated heterocycles. The number of carbonyl (C=O) groups excluding carboxylic acids is 1. The van der Waals surface area contributed by atoms with Crippen molar-refractivity contribution in [3.63, 3.8) is 0 Å². The second-order valence-corrected chi connectivity index (χ2v) is 6.81. The van der Waals surface area contributed by atoms with Crippen LogP contribution in [0, 0.1) is 5.82 Å². The number of hydrogen-bond donors (Lipinski definition) is 0. The van der Waals surface area contributed by atoms with Crippen molar-refractivity contribution in [1.82, 2.24) is 19.5 Å². The van der Waals surface area contributed by atoms with Crippen LogP contribution in [0.2, 0.25) is 5.02 Å². The summed E-state index contributed by atoms with van der Waals surface area (Å²) in [5, 5.41) is 3.58. The average molecular weight is 413 g/mol. The van der Waals surface area contributed by atoms with Crippen molar-refractivity contribution in [3.8, 4) is 11.3 Å². The van der Waals surface area contributed by atoms with Gasteiger partial charge in [-0.15, -0.1) is 0 Å². The first kappa shape index (κ1) is 18.7. The zero-order valence-corrected chi connectivity index (χ0v) is 15.1. The van der Waals surface area contributed by atoms with Gasteiger partial charge in [0.2, 0.25) is 0 Å². The lowest BCUT2D eigenvalue weighted by Crippen LogP contribution is -2.28. The van der Waals surface area contributed by atoms with Gasteiger partial charge in [-0.1, -0.05) is 11.6 Å². The zero-order valence-electron chi connectivity index (χ0n) is 14.3. The fraction of sp³-hybridized carbons (Fsp3) is 0.278. The number of fused-ring (bicyclic) bond motifs is 1. The van der Waals surface area contributed by atoms with E-state index in [1.54, 1.807) is 0 Å². The van der Waals surface area contributed by atoms with Gasteiger partial charge in [0.05, 0.1) is 5.69 Å². The van der Waals surface area contributed by atoms with E-state index >= 15 is 0 Å². The topological polar surface area (TPSA) is 50.5 Å². The Hall–Kier alpha value is -2.68. The van der Waals surface area contributed by atoms with Crippen molar-refractivity contribution in [2.24, 2.45) is 0 Å². The van der Waals surface area contributed by atoms with Crippen LogP contribution < -0.4 is 0 Å². The summed E-state index contributed by atoms with van der Waals surface area (Å²) in [6.07, 6.45) is -3.13.